The van der Waals surface area contributed by atoms with Crippen LogP contribution in [0.25, 0.3) is 5.69 Å². The fourth-order valence-electron chi connectivity index (χ4n) is 2.98. The molecule has 0 atom stereocenters. The second kappa shape index (κ2) is 8.79. The normalized spacial score (nSPS) is 10.3. The van der Waals surface area contributed by atoms with Crippen molar-refractivity contribution in [3.63, 3.8) is 0 Å². The average molecular weight is 396 g/mol. The van der Waals surface area contributed by atoms with Gasteiger partial charge in [-0.3, -0.25) is 4.79 Å². The molecular formula is C24H20N4O2. The zero-order valence-corrected chi connectivity index (χ0v) is 16.1. The molecule has 0 saturated heterocycles. The molecule has 4 aromatic rings. The summed E-state index contributed by atoms with van der Waals surface area (Å²) >= 11 is 0. The molecule has 0 aliphatic carbocycles. The second-order valence-corrected chi connectivity index (χ2v) is 6.62. The Bertz CT molecular complexity index is 1140. The largest absolute Gasteiger partial charge is 0.324 e. The van der Waals surface area contributed by atoms with Gasteiger partial charge in [0.25, 0.3) is 5.91 Å². The maximum Gasteiger partial charge on any atom is 0.323 e. The zero-order chi connectivity index (χ0) is 20.8. The number of urea groups is 1. The highest BCUT2D eigenvalue weighted by Gasteiger charge is 2.08. The van der Waals surface area contributed by atoms with Crippen molar-refractivity contribution in [3.05, 3.63) is 109 Å². The maximum absolute atomic E-state index is 12.6. The van der Waals surface area contributed by atoms with Crippen molar-refractivity contribution in [1.82, 2.24) is 4.57 Å². The molecule has 0 aliphatic heterocycles. The van der Waals surface area contributed by atoms with Crippen LogP contribution in [0.4, 0.5) is 21.9 Å². The van der Waals surface area contributed by atoms with Crippen molar-refractivity contribution < 1.29 is 9.59 Å². The lowest BCUT2D eigenvalue weighted by Gasteiger charge is -2.10. The molecule has 3 aromatic carbocycles. The molecule has 1 aromatic heterocycles. The van der Waals surface area contributed by atoms with Gasteiger partial charge in [-0.1, -0.05) is 24.3 Å². The van der Waals surface area contributed by atoms with E-state index in [1.807, 2.05) is 59.4 Å². The first-order valence-corrected chi connectivity index (χ1v) is 9.45. The Balaban J connectivity index is 1.39. The molecule has 0 radical (unpaired) electrons. The number of benzene rings is 3. The van der Waals surface area contributed by atoms with Crippen molar-refractivity contribution >= 4 is 29.0 Å². The lowest BCUT2D eigenvalue weighted by Crippen LogP contribution is -2.19. The lowest BCUT2D eigenvalue weighted by atomic mass is 10.2. The molecule has 4 rings (SSSR count). The standard InChI is InChI=1S/C24H20N4O2/c29-23(18-11-13-22(14-12-18)28-15-4-5-16-28)25-20-9-6-10-21(17-20)27-24(30)26-19-7-2-1-3-8-19/h1-17H,(H,25,29)(H2,26,27,30). The molecule has 6 nitrogen and oxygen atoms in total. The first-order chi connectivity index (χ1) is 14.7. The van der Waals surface area contributed by atoms with Crippen molar-refractivity contribution in [2.75, 3.05) is 16.0 Å². The van der Waals surface area contributed by atoms with Crippen molar-refractivity contribution in [2.24, 2.45) is 0 Å². The van der Waals surface area contributed by atoms with Gasteiger partial charge in [0.2, 0.25) is 0 Å². The van der Waals surface area contributed by atoms with E-state index >= 15 is 0 Å². The maximum atomic E-state index is 12.6. The topological polar surface area (TPSA) is 75.2 Å². The van der Waals surface area contributed by atoms with E-state index in [1.54, 1.807) is 48.5 Å². The minimum atomic E-state index is -0.356. The summed E-state index contributed by atoms with van der Waals surface area (Å²) < 4.78 is 1.97. The summed E-state index contributed by atoms with van der Waals surface area (Å²) in [5.41, 5.74) is 3.39. The Hall–Kier alpha value is -4.32. The molecule has 0 aliphatic rings. The summed E-state index contributed by atoms with van der Waals surface area (Å²) in [7, 11) is 0. The minimum Gasteiger partial charge on any atom is -0.324 e. The summed E-state index contributed by atoms with van der Waals surface area (Å²) in [6, 6.07) is 27.0. The summed E-state index contributed by atoms with van der Waals surface area (Å²) in [5.74, 6) is -0.222. The lowest BCUT2D eigenvalue weighted by molar-refractivity contribution is 0.102. The molecule has 3 amide bonds. The molecular weight excluding hydrogens is 376 g/mol. The highest BCUT2D eigenvalue weighted by atomic mass is 16.2. The van der Waals surface area contributed by atoms with Gasteiger partial charge in [0.05, 0.1) is 0 Å². The van der Waals surface area contributed by atoms with Crippen LogP contribution in [0.1, 0.15) is 10.4 Å². The Labute approximate surface area is 174 Å². The third-order valence-corrected chi connectivity index (χ3v) is 4.44. The fourth-order valence-corrected chi connectivity index (χ4v) is 2.98. The number of hydrogen-bond acceptors (Lipinski definition) is 2. The van der Waals surface area contributed by atoms with Crippen molar-refractivity contribution in [3.8, 4) is 5.69 Å². The fraction of sp³-hybridized carbons (Fsp3) is 0. The number of hydrogen-bond donors (Lipinski definition) is 3. The third-order valence-electron chi connectivity index (χ3n) is 4.44. The number of nitrogens with zero attached hydrogens (tertiary/aromatic N) is 1. The monoisotopic (exact) mass is 396 g/mol. The molecule has 0 bridgehead atoms. The van der Waals surface area contributed by atoms with Crippen LogP contribution in [0.2, 0.25) is 0 Å². The molecule has 0 fully saturated rings. The van der Waals surface area contributed by atoms with Gasteiger partial charge < -0.3 is 20.5 Å². The number of aromatic nitrogens is 1. The van der Waals surface area contributed by atoms with E-state index < -0.39 is 0 Å². The number of rotatable bonds is 5. The number of carbonyl (C=O) groups excluding carboxylic acids is 2. The molecule has 30 heavy (non-hydrogen) atoms. The molecule has 148 valence electrons. The predicted molar refractivity (Wildman–Crippen MR) is 119 cm³/mol. The summed E-state index contributed by atoms with van der Waals surface area (Å²) in [6.45, 7) is 0. The van der Waals surface area contributed by atoms with E-state index in [4.69, 9.17) is 0 Å². The van der Waals surface area contributed by atoms with Crippen LogP contribution in [-0.2, 0) is 0 Å². The van der Waals surface area contributed by atoms with Gasteiger partial charge in [-0.25, -0.2) is 4.79 Å². The van der Waals surface area contributed by atoms with E-state index in [9.17, 15) is 9.59 Å². The average Bonchev–Trinajstić information content (AvgIpc) is 3.30. The van der Waals surface area contributed by atoms with E-state index in [-0.39, 0.29) is 11.9 Å². The molecule has 3 N–H and O–H groups in total. The van der Waals surface area contributed by atoms with Crippen LogP contribution >= 0.6 is 0 Å². The van der Waals surface area contributed by atoms with Crippen LogP contribution in [0.15, 0.2) is 103 Å². The van der Waals surface area contributed by atoms with E-state index in [1.165, 1.54) is 0 Å². The third kappa shape index (κ3) is 4.74. The number of carbonyl (C=O) groups is 2. The van der Waals surface area contributed by atoms with E-state index in [0.29, 0.717) is 22.6 Å². The van der Waals surface area contributed by atoms with Gasteiger partial charge in [-0.05, 0) is 66.7 Å². The minimum absolute atomic E-state index is 0.222. The van der Waals surface area contributed by atoms with Crippen LogP contribution < -0.4 is 16.0 Å². The SMILES string of the molecule is O=C(Nc1ccccc1)Nc1cccc(NC(=O)c2ccc(-n3cccc3)cc2)c1. The van der Waals surface area contributed by atoms with Crippen LogP contribution in [0, 0.1) is 0 Å². The molecule has 1 heterocycles. The van der Waals surface area contributed by atoms with Crippen LogP contribution in [0.5, 0.6) is 0 Å². The van der Waals surface area contributed by atoms with Crippen LogP contribution in [0.3, 0.4) is 0 Å². The highest BCUT2D eigenvalue weighted by Crippen LogP contribution is 2.17. The summed E-state index contributed by atoms with van der Waals surface area (Å²) in [4.78, 5) is 24.7. The van der Waals surface area contributed by atoms with Crippen LogP contribution in [-0.4, -0.2) is 16.5 Å². The molecule has 6 heteroatoms. The Morgan fingerprint density at radius 1 is 0.600 bits per heavy atom. The first kappa shape index (κ1) is 19.0. The molecule has 0 unspecified atom stereocenters. The van der Waals surface area contributed by atoms with Gasteiger partial charge in [0.1, 0.15) is 0 Å². The summed E-state index contributed by atoms with van der Waals surface area (Å²) in [6.07, 6.45) is 3.89. The van der Waals surface area contributed by atoms with E-state index in [2.05, 4.69) is 16.0 Å². The first-order valence-electron chi connectivity index (χ1n) is 9.45. The van der Waals surface area contributed by atoms with Crippen molar-refractivity contribution in [2.45, 2.75) is 0 Å². The Kier molecular flexibility index (Phi) is 5.57. The van der Waals surface area contributed by atoms with Gasteiger partial charge in [-0.15, -0.1) is 0 Å². The van der Waals surface area contributed by atoms with Crippen molar-refractivity contribution in [1.29, 1.82) is 0 Å². The second-order valence-electron chi connectivity index (χ2n) is 6.62. The van der Waals surface area contributed by atoms with Gasteiger partial charge in [-0.2, -0.15) is 0 Å². The molecule has 0 saturated carbocycles. The number of amides is 3. The summed E-state index contributed by atoms with van der Waals surface area (Å²) in [5, 5.41) is 8.38. The zero-order valence-electron chi connectivity index (χ0n) is 16.1. The smallest absolute Gasteiger partial charge is 0.323 e. The Morgan fingerprint density at radius 2 is 1.20 bits per heavy atom. The highest BCUT2D eigenvalue weighted by molar-refractivity contribution is 6.05. The predicted octanol–water partition coefficient (Wildman–Crippen LogP) is 5.37. The van der Waals surface area contributed by atoms with E-state index in [0.717, 1.165) is 5.69 Å². The number of anilines is 3. The quantitative estimate of drug-likeness (QED) is 0.424. The van der Waals surface area contributed by atoms with Gasteiger partial charge >= 0.3 is 6.03 Å². The molecule has 0 spiro atoms. The van der Waals surface area contributed by atoms with Gasteiger partial charge in [0, 0.05) is 40.7 Å². The number of nitrogens with one attached hydrogen (secondary N) is 3. The van der Waals surface area contributed by atoms with Gasteiger partial charge in [0.15, 0.2) is 0 Å². The number of para-hydroxylation sites is 1. The Morgan fingerprint density at radius 3 is 1.90 bits per heavy atom.